The van der Waals surface area contributed by atoms with Crippen LogP contribution in [0.4, 0.5) is 13.2 Å². The molecule has 0 radical (unpaired) electrons. The summed E-state index contributed by atoms with van der Waals surface area (Å²) in [5.74, 6) is -0.133. The van der Waals surface area contributed by atoms with Crippen molar-refractivity contribution in [3.05, 3.63) is 35.4 Å². The molecule has 1 aliphatic carbocycles. The minimum absolute atomic E-state index is 0.0189. The third kappa shape index (κ3) is 3.22. The van der Waals surface area contributed by atoms with Crippen molar-refractivity contribution in [2.24, 2.45) is 11.8 Å². The van der Waals surface area contributed by atoms with E-state index in [9.17, 15) is 18.0 Å². The number of halogens is 3. The molecular weight excluding hydrogens is 319 g/mol. The van der Waals surface area contributed by atoms with Gasteiger partial charge in [-0.3, -0.25) is 4.79 Å². The van der Waals surface area contributed by atoms with Crippen LogP contribution >= 0.6 is 0 Å². The van der Waals surface area contributed by atoms with Crippen LogP contribution in [0.2, 0.25) is 0 Å². The molecule has 132 valence electrons. The second-order valence-electron chi connectivity index (χ2n) is 6.82. The van der Waals surface area contributed by atoms with Gasteiger partial charge < -0.3 is 10.1 Å². The fraction of sp³-hybridized carbons (Fsp3) is 0.611. The zero-order valence-electron chi connectivity index (χ0n) is 13.7. The minimum Gasteiger partial charge on any atom is -0.360 e. The van der Waals surface area contributed by atoms with E-state index < -0.39 is 18.4 Å². The fourth-order valence-corrected chi connectivity index (χ4v) is 4.28. The Kier molecular flexibility index (Phi) is 4.71. The molecule has 6 heteroatoms. The number of nitrogens with one attached hydrogen (secondary N) is 1. The van der Waals surface area contributed by atoms with Gasteiger partial charge in [0, 0.05) is 30.5 Å². The molecular formula is C18H22F3NO2. The van der Waals surface area contributed by atoms with Gasteiger partial charge >= 0.3 is 6.18 Å². The van der Waals surface area contributed by atoms with Crippen LogP contribution in [-0.2, 0) is 10.3 Å². The number of Topliss-reactive ketones (excluding diaryl/α,β-unsaturated/α-hetero) is 1. The second kappa shape index (κ2) is 6.48. The van der Waals surface area contributed by atoms with Gasteiger partial charge in [-0.25, -0.2) is 0 Å². The maximum atomic E-state index is 12.9. The van der Waals surface area contributed by atoms with Gasteiger partial charge in [0.05, 0.1) is 0 Å². The molecule has 1 saturated carbocycles. The highest BCUT2D eigenvalue weighted by atomic mass is 19.4. The Hall–Kier alpha value is -1.40. The Morgan fingerprint density at radius 3 is 2.54 bits per heavy atom. The molecule has 1 saturated heterocycles. The van der Waals surface area contributed by atoms with E-state index >= 15 is 0 Å². The number of alkyl halides is 3. The number of carbonyl (C=O) groups excluding carboxylic acids is 1. The molecule has 3 rings (SSSR count). The number of benzene rings is 1. The number of fused-ring (bicyclic) bond motifs is 2. The Balaban J connectivity index is 2.05. The largest absolute Gasteiger partial charge is 0.411 e. The lowest BCUT2D eigenvalue weighted by atomic mass is 9.62. The Labute approximate surface area is 139 Å². The van der Waals surface area contributed by atoms with E-state index in [1.54, 1.807) is 24.3 Å². The quantitative estimate of drug-likeness (QED) is 0.849. The first kappa shape index (κ1) is 17.4. The van der Waals surface area contributed by atoms with Crippen molar-refractivity contribution < 1.29 is 22.7 Å². The number of carbonyl (C=O) groups is 1. The predicted octanol–water partition coefficient (Wildman–Crippen LogP) is 3.68. The summed E-state index contributed by atoms with van der Waals surface area (Å²) >= 11 is 0. The predicted molar refractivity (Wildman–Crippen MR) is 83.8 cm³/mol. The van der Waals surface area contributed by atoms with Gasteiger partial charge in [-0.2, -0.15) is 13.2 Å². The first-order chi connectivity index (χ1) is 11.3. The lowest BCUT2D eigenvalue weighted by Crippen LogP contribution is -2.59. The number of ether oxygens (including phenoxy) is 1. The first-order valence-electron chi connectivity index (χ1n) is 8.36. The Morgan fingerprint density at radius 1 is 1.29 bits per heavy atom. The zero-order chi connectivity index (χ0) is 17.4. The zero-order valence-corrected chi connectivity index (χ0v) is 13.7. The summed E-state index contributed by atoms with van der Waals surface area (Å²) in [5, 5.41) is 3.32. The molecule has 2 atom stereocenters. The SMILES string of the molecule is CC(=O)c1cccc(C2(OCC(F)(F)F)C3CCCC2CNC3)c1. The summed E-state index contributed by atoms with van der Waals surface area (Å²) in [5.41, 5.74) is 0.250. The van der Waals surface area contributed by atoms with Crippen molar-refractivity contribution in [3.8, 4) is 0 Å². The summed E-state index contributed by atoms with van der Waals surface area (Å²) in [4.78, 5) is 11.7. The topological polar surface area (TPSA) is 38.3 Å². The number of rotatable bonds is 4. The molecule has 1 aromatic carbocycles. The van der Waals surface area contributed by atoms with Gasteiger partial charge in [-0.05, 0) is 31.4 Å². The van der Waals surface area contributed by atoms with Crippen molar-refractivity contribution in [1.82, 2.24) is 5.32 Å². The molecule has 1 heterocycles. The summed E-state index contributed by atoms with van der Waals surface area (Å²) in [7, 11) is 0. The second-order valence-corrected chi connectivity index (χ2v) is 6.82. The summed E-state index contributed by atoms with van der Waals surface area (Å²) < 4.78 is 44.3. The Morgan fingerprint density at radius 2 is 1.96 bits per heavy atom. The molecule has 0 aromatic heterocycles. The molecule has 3 nitrogen and oxygen atoms in total. The maximum Gasteiger partial charge on any atom is 0.411 e. The third-order valence-corrected chi connectivity index (χ3v) is 5.29. The van der Waals surface area contributed by atoms with Crippen molar-refractivity contribution in [2.45, 2.75) is 38.0 Å². The smallest absolute Gasteiger partial charge is 0.360 e. The van der Waals surface area contributed by atoms with Crippen LogP contribution in [0.1, 0.15) is 42.1 Å². The summed E-state index contributed by atoms with van der Waals surface area (Å²) in [6.45, 7) is 1.48. The number of ketones is 1. The molecule has 2 aliphatic rings. The van der Waals surface area contributed by atoms with Gasteiger partial charge in [0.25, 0.3) is 0 Å². The average Bonchev–Trinajstić information content (AvgIpc) is 2.51. The fourth-order valence-electron chi connectivity index (χ4n) is 4.28. The molecule has 2 bridgehead atoms. The van der Waals surface area contributed by atoms with Gasteiger partial charge in [-0.15, -0.1) is 0 Å². The normalized spacial score (nSPS) is 30.2. The van der Waals surface area contributed by atoms with Crippen molar-refractivity contribution in [3.63, 3.8) is 0 Å². The minimum atomic E-state index is -4.37. The van der Waals surface area contributed by atoms with Crippen molar-refractivity contribution >= 4 is 5.78 Å². The lowest BCUT2D eigenvalue weighted by molar-refractivity contribution is -0.244. The van der Waals surface area contributed by atoms with Crippen molar-refractivity contribution in [2.75, 3.05) is 19.7 Å². The molecule has 0 amide bonds. The van der Waals surface area contributed by atoms with Crippen LogP contribution in [0.5, 0.6) is 0 Å². The van der Waals surface area contributed by atoms with E-state index in [1.807, 2.05) is 0 Å². The summed E-state index contributed by atoms with van der Waals surface area (Å²) in [6.07, 6.45) is -1.72. The van der Waals surface area contributed by atoms with E-state index in [1.165, 1.54) is 6.92 Å². The molecule has 1 aliphatic heterocycles. The van der Waals surface area contributed by atoms with Crippen LogP contribution < -0.4 is 5.32 Å². The van der Waals surface area contributed by atoms with E-state index in [2.05, 4.69) is 5.32 Å². The first-order valence-corrected chi connectivity index (χ1v) is 8.36. The Bertz CT molecular complexity index is 593. The van der Waals surface area contributed by atoms with Crippen LogP contribution in [0.3, 0.4) is 0 Å². The number of hydrogen-bond donors (Lipinski definition) is 1. The van der Waals surface area contributed by atoms with Crippen LogP contribution in [-0.4, -0.2) is 31.7 Å². The molecule has 2 fully saturated rings. The molecule has 2 unspecified atom stereocenters. The van der Waals surface area contributed by atoms with E-state index in [4.69, 9.17) is 4.74 Å². The summed E-state index contributed by atoms with van der Waals surface area (Å²) in [6, 6.07) is 6.96. The van der Waals surface area contributed by atoms with Crippen molar-refractivity contribution in [1.29, 1.82) is 0 Å². The standard InChI is InChI=1S/C18H22F3NO2/c1-12(23)13-4-2-5-14(8-13)18(24-11-17(19,20)21)15-6-3-7-16(18)10-22-9-15/h2,4-5,8,15-16,22H,3,6-7,9-11H2,1H3. The molecule has 1 N–H and O–H groups in total. The highest BCUT2D eigenvalue weighted by Gasteiger charge is 2.53. The number of hydrogen-bond acceptors (Lipinski definition) is 3. The van der Waals surface area contributed by atoms with Gasteiger partial charge in [-0.1, -0.05) is 24.6 Å². The third-order valence-electron chi connectivity index (χ3n) is 5.29. The van der Waals surface area contributed by atoms with E-state index in [-0.39, 0.29) is 17.6 Å². The molecule has 0 spiro atoms. The van der Waals surface area contributed by atoms with E-state index in [0.717, 1.165) is 19.3 Å². The van der Waals surface area contributed by atoms with Gasteiger partial charge in [0.1, 0.15) is 12.2 Å². The number of piperidine rings is 1. The van der Waals surface area contributed by atoms with Crippen LogP contribution in [0, 0.1) is 11.8 Å². The monoisotopic (exact) mass is 341 g/mol. The average molecular weight is 341 g/mol. The van der Waals surface area contributed by atoms with Gasteiger partial charge in [0.2, 0.25) is 0 Å². The van der Waals surface area contributed by atoms with Gasteiger partial charge in [0.15, 0.2) is 5.78 Å². The van der Waals surface area contributed by atoms with Crippen LogP contribution in [0.25, 0.3) is 0 Å². The lowest BCUT2D eigenvalue weighted by Gasteiger charge is -2.53. The van der Waals surface area contributed by atoms with Crippen LogP contribution in [0.15, 0.2) is 24.3 Å². The molecule has 24 heavy (non-hydrogen) atoms. The van der Waals surface area contributed by atoms with E-state index in [0.29, 0.717) is 24.2 Å². The highest BCUT2D eigenvalue weighted by Crippen LogP contribution is 2.50. The highest BCUT2D eigenvalue weighted by molar-refractivity contribution is 5.94. The maximum absolute atomic E-state index is 12.9. The molecule has 1 aromatic rings.